The van der Waals surface area contributed by atoms with Crippen LogP contribution >= 0.6 is 15.9 Å². The normalized spacial score (nSPS) is 11.3. The predicted molar refractivity (Wildman–Crippen MR) is 62.9 cm³/mol. The number of nitrogens with two attached hydrogens (primary N) is 2. The minimum Gasteiger partial charge on any atom is -0.398 e. The van der Waals surface area contributed by atoms with Gasteiger partial charge in [0, 0.05) is 4.47 Å². The number of hydrogen-bond donors (Lipinski definition) is 3. The van der Waals surface area contributed by atoms with Crippen LogP contribution in [-0.4, -0.2) is 20.9 Å². The van der Waals surface area contributed by atoms with E-state index < -0.39 is 22.5 Å². The van der Waals surface area contributed by atoms with E-state index in [2.05, 4.69) is 15.9 Å². The first-order chi connectivity index (χ1) is 7.33. The van der Waals surface area contributed by atoms with E-state index in [0.29, 0.717) is 4.47 Å². The number of hydrogen-bond acceptors (Lipinski definition) is 4. The van der Waals surface area contributed by atoms with Crippen molar-refractivity contribution in [1.29, 1.82) is 0 Å². The Morgan fingerprint density at radius 2 is 2.06 bits per heavy atom. The van der Waals surface area contributed by atoms with E-state index in [4.69, 9.17) is 11.5 Å². The lowest BCUT2D eigenvalue weighted by Gasteiger charge is -2.07. The SMILES string of the molecule is NC(=O)CNS(=O)(=O)c1ccc(Br)cc1N. The number of carbonyl (C=O) groups excluding carboxylic acids is 1. The van der Waals surface area contributed by atoms with Crippen LogP contribution in [0.1, 0.15) is 0 Å². The number of sulfonamides is 1. The summed E-state index contributed by atoms with van der Waals surface area (Å²) >= 11 is 3.16. The molecular weight excluding hydrogens is 298 g/mol. The summed E-state index contributed by atoms with van der Waals surface area (Å²) in [6.07, 6.45) is 0. The Morgan fingerprint density at radius 3 is 2.56 bits per heavy atom. The van der Waals surface area contributed by atoms with Gasteiger partial charge in [0.2, 0.25) is 15.9 Å². The molecule has 5 N–H and O–H groups in total. The third-order valence-corrected chi connectivity index (χ3v) is 3.67. The van der Waals surface area contributed by atoms with Crippen LogP contribution in [0.4, 0.5) is 5.69 Å². The van der Waals surface area contributed by atoms with Crippen LogP contribution in [0.5, 0.6) is 0 Å². The van der Waals surface area contributed by atoms with Crippen LogP contribution in [0.15, 0.2) is 27.6 Å². The van der Waals surface area contributed by atoms with E-state index in [1.165, 1.54) is 18.2 Å². The van der Waals surface area contributed by atoms with Gasteiger partial charge >= 0.3 is 0 Å². The minimum absolute atomic E-state index is 0.0862. The maximum Gasteiger partial charge on any atom is 0.243 e. The largest absolute Gasteiger partial charge is 0.398 e. The lowest BCUT2D eigenvalue weighted by molar-refractivity contribution is -0.116. The second kappa shape index (κ2) is 4.81. The average molecular weight is 308 g/mol. The van der Waals surface area contributed by atoms with Gasteiger partial charge in [-0.15, -0.1) is 0 Å². The highest BCUT2D eigenvalue weighted by Crippen LogP contribution is 2.22. The maximum absolute atomic E-state index is 11.7. The number of halogens is 1. The molecule has 0 aromatic heterocycles. The van der Waals surface area contributed by atoms with Crippen molar-refractivity contribution in [3.05, 3.63) is 22.7 Å². The van der Waals surface area contributed by atoms with Crippen LogP contribution in [0.2, 0.25) is 0 Å². The molecule has 0 aliphatic rings. The van der Waals surface area contributed by atoms with Crippen molar-refractivity contribution in [1.82, 2.24) is 4.72 Å². The molecule has 16 heavy (non-hydrogen) atoms. The molecule has 8 heteroatoms. The first-order valence-electron chi connectivity index (χ1n) is 4.16. The first kappa shape index (κ1) is 12.9. The zero-order chi connectivity index (χ0) is 12.3. The molecule has 0 unspecified atom stereocenters. The summed E-state index contributed by atoms with van der Waals surface area (Å²) in [6, 6.07) is 4.33. The Balaban J connectivity index is 3.03. The molecule has 1 aromatic rings. The smallest absolute Gasteiger partial charge is 0.243 e. The first-order valence-corrected chi connectivity index (χ1v) is 6.43. The van der Waals surface area contributed by atoms with Crippen LogP contribution in [0.3, 0.4) is 0 Å². The quantitative estimate of drug-likeness (QED) is 0.668. The summed E-state index contributed by atoms with van der Waals surface area (Å²) < 4.78 is 26.0. The van der Waals surface area contributed by atoms with Crippen molar-refractivity contribution in [3.63, 3.8) is 0 Å². The van der Waals surface area contributed by atoms with Gasteiger partial charge < -0.3 is 11.5 Å². The number of amides is 1. The number of rotatable bonds is 4. The Labute approximate surface area is 101 Å². The van der Waals surface area contributed by atoms with E-state index in [9.17, 15) is 13.2 Å². The molecule has 1 rings (SSSR count). The van der Waals surface area contributed by atoms with E-state index in [1.807, 2.05) is 4.72 Å². The zero-order valence-electron chi connectivity index (χ0n) is 8.10. The van der Waals surface area contributed by atoms with Gasteiger partial charge in [0.15, 0.2) is 0 Å². The molecule has 0 saturated heterocycles. The standard InChI is InChI=1S/C8H10BrN3O3S/c9-5-1-2-7(6(10)3-5)16(14,15)12-4-8(11)13/h1-3,12H,4,10H2,(H2,11,13). The molecule has 0 radical (unpaired) electrons. The Hall–Kier alpha value is -1.12. The molecule has 0 saturated carbocycles. The van der Waals surface area contributed by atoms with Crippen molar-refractivity contribution in [2.24, 2.45) is 5.73 Å². The number of nitrogen functional groups attached to an aromatic ring is 1. The summed E-state index contributed by atoms with van der Waals surface area (Å²) in [6.45, 7) is -0.460. The van der Waals surface area contributed by atoms with Crippen molar-refractivity contribution >= 4 is 37.5 Å². The van der Waals surface area contributed by atoms with E-state index in [-0.39, 0.29) is 10.6 Å². The van der Waals surface area contributed by atoms with Gasteiger partial charge in [-0.25, -0.2) is 13.1 Å². The fourth-order valence-corrected chi connectivity index (χ4v) is 2.49. The van der Waals surface area contributed by atoms with Gasteiger partial charge in [-0.1, -0.05) is 15.9 Å². The Bertz CT molecular complexity index is 515. The molecule has 0 aliphatic heterocycles. The second-order valence-electron chi connectivity index (χ2n) is 2.97. The molecular formula is C8H10BrN3O3S. The fraction of sp³-hybridized carbons (Fsp3) is 0.125. The van der Waals surface area contributed by atoms with Gasteiger partial charge in [0.25, 0.3) is 0 Å². The summed E-state index contributed by atoms with van der Waals surface area (Å²) in [5.74, 6) is -0.765. The average Bonchev–Trinajstić information content (AvgIpc) is 2.14. The van der Waals surface area contributed by atoms with Gasteiger partial charge in [-0.05, 0) is 18.2 Å². The second-order valence-corrected chi connectivity index (χ2v) is 5.62. The van der Waals surface area contributed by atoms with Crippen molar-refractivity contribution < 1.29 is 13.2 Å². The molecule has 6 nitrogen and oxygen atoms in total. The van der Waals surface area contributed by atoms with Gasteiger partial charge in [-0.2, -0.15) is 0 Å². The van der Waals surface area contributed by atoms with E-state index >= 15 is 0 Å². The van der Waals surface area contributed by atoms with E-state index in [1.54, 1.807) is 0 Å². The fourth-order valence-electron chi connectivity index (χ4n) is 1.01. The summed E-state index contributed by atoms with van der Waals surface area (Å²) in [5, 5.41) is 0. The molecule has 1 aromatic carbocycles. The molecule has 88 valence electrons. The summed E-state index contributed by atoms with van der Waals surface area (Å²) in [7, 11) is -3.80. The lowest BCUT2D eigenvalue weighted by atomic mass is 10.3. The Kier molecular flexibility index (Phi) is 3.89. The lowest BCUT2D eigenvalue weighted by Crippen LogP contribution is -2.33. The maximum atomic E-state index is 11.7. The van der Waals surface area contributed by atoms with Crippen molar-refractivity contribution in [2.75, 3.05) is 12.3 Å². The van der Waals surface area contributed by atoms with Crippen LogP contribution < -0.4 is 16.2 Å². The van der Waals surface area contributed by atoms with Gasteiger partial charge in [0.1, 0.15) is 4.90 Å². The number of anilines is 1. The molecule has 0 fully saturated rings. The number of benzene rings is 1. The molecule has 0 aliphatic carbocycles. The molecule has 0 spiro atoms. The predicted octanol–water partition coefficient (Wildman–Crippen LogP) is -0.205. The van der Waals surface area contributed by atoms with Crippen molar-refractivity contribution in [3.8, 4) is 0 Å². The number of primary amides is 1. The van der Waals surface area contributed by atoms with Crippen LogP contribution in [0, 0.1) is 0 Å². The monoisotopic (exact) mass is 307 g/mol. The third kappa shape index (κ3) is 3.19. The molecule has 0 bridgehead atoms. The van der Waals surface area contributed by atoms with Gasteiger partial charge in [0.05, 0.1) is 12.2 Å². The van der Waals surface area contributed by atoms with Crippen molar-refractivity contribution in [2.45, 2.75) is 4.90 Å². The third-order valence-electron chi connectivity index (χ3n) is 1.70. The van der Waals surface area contributed by atoms with E-state index in [0.717, 1.165) is 0 Å². The number of nitrogens with one attached hydrogen (secondary N) is 1. The summed E-state index contributed by atoms with van der Waals surface area (Å²) in [5.41, 5.74) is 10.5. The zero-order valence-corrected chi connectivity index (χ0v) is 10.5. The highest BCUT2D eigenvalue weighted by Gasteiger charge is 2.17. The number of carbonyl (C=O) groups is 1. The molecule has 0 atom stereocenters. The minimum atomic E-state index is -3.80. The highest BCUT2D eigenvalue weighted by atomic mass is 79.9. The van der Waals surface area contributed by atoms with Crippen LogP contribution in [0.25, 0.3) is 0 Å². The highest BCUT2D eigenvalue weighted by molar-refractivity contribution is 9.10. The topological polar surface area (TPSA) is 115 Å². The molecule has 0 heterocycles. The van der Waals surface area contributed by atoms with Gasteiger partial charge in [-0.3, -0.25) is 4.79 Å². The Morgan fingerprint density at radius 1 is 1.44 bits per heavy atom. The van der Waals surface area contributed by atoms with Crippen LogP contribution in [-0.2, 0) is 14.8 Å². The summed E-state index contributed by atoms with van der Waals surface area (Å²) in [4.78, 5) is 10.4. The molecule has 1 amide bonds.